The minimum absolute atomic E-state index is 0.206. The molecule has 1 atom stereocenters. The molecule has 0 aliphatic heterocycles. The van der Waals surface area contributed by atoms with Crippen LogP contribution in [0.5, 0.6) is 0 Å². The number of aromatic nitrogens is 2. The van der Waals surface area contributed by atoms with E-state index in [1.165, 1.54) is 34.4 Å². The lowest BCUT2D eigenvalue weighted by Gasteiger charge is -2.11. The van der Waals surface area contributed by atoms with E-state index in [-0.39, 0.29) is 17.8 Å². The normalized spacial score (nSPS) is 11.8. The van der Waals surface area contributed by atoms with E-state index in [4.69, 9.17) is 4.74 Å². The first-order valence-corrected chi connectivity index (χ1v) is 10.8. The van der Waals surface area contributed by atoms with Crippen LogP contribution in [0, 0.1) is 0 Å². The van der Waals surface area contributed by atoms with Crippen LogP contribution in [0.1, 0.15) is 24.2 Å². The van der Waals surface area contributed by atoms with Gasteiger partial charge >= 0.3 is 5.97 Å². The Labute approximate surface area is 169 Å². The zero-order valence-corrected chi connectivity index (χ0v) is 17.1. The van der Waals surface area contributed by atoms with Crippen molar-refractivity contribution < 1.29 is 14.3 Å². The minimum atomic E-state index is -0.447. The highest BCUT2D eigenvalue weighted by atomic mass is 32.2. The molecule has 0 aliphatic carbocycles. The Morgan fingerprint density at radius 3 is 2.70 bits per heavy atom. The summed E-state index contributed by atoms with van der Waals surface area (Å²) in [6.45, 7) is 3.81. The van der Waals surface area contributed by atoms with Crippen molar-refractivity contribution in [2.24, 2.45) is 0 Å². The van der Waals surface area contributed by atoms with Crippen molar-refractivity contribution in [1.82, 2.24) is 10.2 Å². The monoisotopic (exact) mass is 419 g/mol. The summed E-state index contributed by atoms with van der Waals surface area (Å²) in [6, 6.07) is 9.56. The second-order valence-electron chi connectivity index (χ2n) is 5.39. The van der Waals surface area contributed by atoms with Crippen LogP contribution in [0.15, 0.2) is 45.6 Å². The van der Waals surface area contributed by atoms with E-state index in [2.05, 4.69) is 15.5 Å². The van der Waals surface area contributed by atoms with Gasteiger partial charge in [0.05, 0.1) is 11.9 Å². The van der Waals surface area contributed by atoms with Gasteiger partial charge in [0, 0.05) is 10.9 Å². The van der Waals surface area contributed by atoms with E-state index in [0.717, 1.165) is 15.5 Å². The number of rotatable bonds is 7. The van der Waals surface area contributed by atoms with Crippen LogP contribution < -0.4 is 5.32 Å². The molecular formula is C18H17N3O3S3. The highest BCUT2D eigenvalue weighted by Crippen LogP contribution is 2.36. The van der Waals surface area contributed by atoms with Crippen LogP contribution in [0.2, 0.25) is 0 Å². The van der Waals surface area contributed by atoms with E-state index in [9.17, 15) is 9.59 Å². The molecule has 9 heteroatoms. The van der Waals surface area contributed by atoms with Gasteiger partial charge in [-0.25, -0.2) is 4.79 Å². The third-order valence-corrected chi connectivity index (χ3v) is 6.39. The molecule has 0 fully saturated rings. The van der Waals surface area contributed by atoms with Gasteiger partial charge in [-0.15, -0.1) is 21.5 Å². The number of ether oxygens (including phenoxy) is 1. The number of amides is 1. The highest BCUT2D eigenvalue weighted by molar-refractivity contribution is 8.02. The molecule has 0 saturated heterocycles. The molecule has 1 N–H and O–H groups in total. The quantitative estimate of drug-likeness (QED) is 0.446. The lowest BCUT2D eigenvalue weighted by molar-refractivity contribution is -0.115. The van der Waals surface area contributed by atoms with Gasteiger partial charge in [-0.2, -0.15) is 0 Å². The number of thioether (sulfide) groups is 1. The van der Waals surface area contributed by atoms with Gasteiger partial charge in [-0.05, 0) is 19.4 Å². The number of carbonyl (C=O) groups is 2. The van der Waals surface area contributed by atoms with Gasteiger partial charge in [-0.3, -0.25) is 4.79 Å². The Morgan fingerprint density at radius 1 is 1.26 bits per heavy atom. The molecule has 2 aromatic heterocycles. The van der Waals surface area contributed by atoms with Crippen LogP contribution in [0.4, 0.5) is 5.00 Å². The molecule has 3 rings (SSSR count). The van der Waals surface area contributed by atoms with Crippen molar-refractivity contribution in [2.45, 2.75) is 23.4 Å². The van der Waals surface area contributed by atoms with Crippen molar-refractivity contribution in [2.75, 3.05) is 11.9 Å². The number of thiophene rings is 1. The van der Waals surface area contributed by atoms with E-state index in [1.54, 1.807) is 19.4 Å². The summed E-state index contributed by atoms with van der Waals surface area (Å²) in [4.78, 5) is 25.1. The number of anilines is 1. The lowest BCUT2D eigenvalue weighted by Crippen LogP contribution is -2.23. The van der Waals surface area contributed by atoms with Crippen LogP contribution in [-0.4, -0.2) is 33.9 Å². The zero-order valence-electron chi connectivity index (χ0n) is 14.7. The predicted molar refractivity (Wildman–Crippen MR) is 110 cm³/mol. The Balaban J connectivity index is 1.85. The van der Waals surface area contributed by atoms with E-state index in [0.29, 0.717) is 10.6 Å². The molecule has 0 bridgehead atoms. The number of carbonyl (C=O) groups excluding carboxylic acids is 2. The van der Waals surface area contributed by atoms with Gasteiger partial charge in [0.1, 0.15) is 16.1 Å². The molecule has 0 saturated carbocycles. The molecule has 0 spiro atoms. The molecule has 140 valence electrons. The number of nitrogens with zero attached hydrogens (tertiary/aromatic N) is 2. The van der Waals surface area contributed by atoms with Gasteiger partial charge in [0.2, 0.25) is 5.91 Å². The summed E-state index contributed by atoms with van der Waals surface area (Å²) in [5.74, 6) is -0.653. The fraction of sp³-hybridized carbons (Fsp3) is 0.222. The minimum Gasteiger partial charge on any atom is -0.462 e. The van der Waals surface area contributed by atoms with Crippen molar-refractivity contribution >= 4 is 51.3 Å². The van der Waals surface area contributed by atoms with Gasteiger partial charge in [-0.1, -0.05) is 53.4 Å². The van der Waals surface area contributed by atoms with Crippen molar-refractivity contribution in [1.29, 1.82) is 0 Å². The lowest BCUT2D eigenvalue weighted by atomic mass is 10.0. The maximum Gasteiger partial charge on any atom is 0.341 e. The molecule has 0 radical (unpaired) electrons. The predicted octanol–water partition coefficient (Wildman–Crippen LogP) is 4.56. The molecule has 27 heavy (non-hydrogen) atoms. The van der Waals surface area contributed by atoms with Crippen molar-refractivity contribution in [3.63, 3.8) is 0 Å². The topological polar surface area (TPSA) is 81.2 Å². The Hall–Kier alpha value is -2.23. The van der Waals surface area contributed by atoms with Crippen LogP contribution >= 0.6 is 34.4 Å². The fourth-order valence-electron chi connectivity index (χ4n) is 2.32. The Bertz CT molecular complexity index is 911. The molecule has 0 aliphatic rings. The SMILES string of the molecule is CCOC(=O)c1c(-c2ccccc2)csc1NC(=O)C(C)Sc1nncs1. The summed E-state index contributed by atoms with van der Waals surface area (Å²) in [5.41, 5.74) is 3.65. The van der Waals surface area contributed by atoms with E-state index < -0.39 is 5.97 Å². The second-order valence-corrected chi connectivity index (χ2v) is 8.69. The molecule has 1 unspecified atom stereocenters. The molecule has 1 aromatic carbocycles. The number of benzene rings is 1. The summed E-state index contributed by atoms with van der Waals surface area (Å²) in [7, 11) is 0. The first-order valence-electron chi connectivity index (χ1n) is 8.17. The molecule has 2 heterocycles. The zero-order chi connectivity index (χ0) is 19.2. The van der Waals surface area contributed by atoms with Gasteiger partial charge in [0.15, 0.2) is 4.34 Å². The first kappa shape index (κ1) is 19.5. The third-order valence-electron chi connectivity index (χ3n) is 3.58. The maximum atomic E-state index is 12.6. The number of hydrogen-bond acceptors (Lipinski definition) is 8. The van der Waals surface area contributed by atoms with Crippen LogP contribution in [0.25, 0.3) is 11.1 Å². The smallest absolute Gasteiger partial charge is 0.341 e. The molecular weight excluding hydrogens is 402 g/mol. The largest absolute Gasteiger partial charge is 0.462 e. The van der Waals surface area contributed by atoms with Crippen LogP contribution in [-0.2, 0) is 9.53 Å². The first-order chi connectivity index (χ1) is 13.1. The van der Waals surface area contributed by atoms with Crippen LogP contribution in [0.3, 0.4) is 0 Å². The van der Waals surface area contributed by atoms with Crippen molar-refractivity contribution in [3.05, 3.63) is 46.8 Å². The number of esters is 1. The standard InChI is InChI=1S/C18H17N3O3S3/c1-3-24-17(23)14-13(12-7-5-4-6-8-12)9-25-16(14)20-15(22)11(2)27-18-21-19-10-26-18/h4-11H,3H2,1-2H3,(H,20,22). The molecule has 6 nitrogen and oxygen atoms in total. The number of hydrogen-bond donors (Lipinski definition) is 1. The molecule has 1 amide bonds. The van der Waals surface area contributed by atoms with E-state index >= 15 is 0 Å². The average Bonchev–Trinajstić information content (AvgIpc) is 3.32. The summed E-state index contributed by atoms with van der Waals surface area (Å²) in [5, 5.41) is 12.5. The summed E-state index contributed by atoms with van der Waals surface area (Å²) in [6.07, 6.45) is 0. The Kier molecular flexibility index (Phi) is 6.59. The fourth-order valence-corrected chi connectivity index (χ4v) is 4.90. The number of nitrogens with one attached hydrogen (secondary N) is 1. The van der Waals surface area contributed by atoms with E-state index in [1.807, 2.05) is 35.7 Å². The third kappa shape index (κ3) is 4.74. The highest BCUT2D eigenvalue weighted by Gasteiger charge is 2.24. The molecule has 3 aromatic rings. The summed E-state index contributed by atoms with van der Waals surface area (Å²) >= 11 is 4.02. The summed E-state index contributed by atoms with van der Waals surface area (Å²) < 4.78 is 5.93. The van der Waals surface area contributed by atoms with Crippen molar-refractivity contribution in [3.8, 4) is 11.1 Å². The second kappa shape index (κ2) is 9.12. The van der Waals surface area contributed by atoms with Gasteiger partial charge in [0.25, 0.3) is 0 Å². The maximum absolute atomic E-state index is 12.6. The Morgan fingerprint density at radius 2 is 2.04 bits per heavy atom. The van der Waals surface area contributed by atoms with Gasteiger partial charge < -0.3 is 10.1 Å². The average molecular weight is 420 g/mol.